The Hall–Kier alpha value is -2.10. The highest BCUT2D eigenvalue weighted by molar-refractivity contribution is 9.10. The first-order valence-corrected chi connectivity index (χ1v) is 13.1. The van der Waals surface area contributed by atoms with Crippen LogP contribution < -0.4 is 10.9 Å². The maximum absolute atomic E-state index is 12.7. The molecule has 1 aromatic carbocycles. The van der Waals surface area contributed by atoms with Gasteiger partial charge < -0.3 is 15.1 Å². The molecule has 1 saturated heterocycles. The summed E-state index contributed by atoms with van der Waals surface area (Å²) < 4.78 is 2.66. The van der Waals surface area contributed by atoms with Gasteiger partial charge in [-0.25, -0.2) is 4.98 Å². The summed E-state index contributed by atoms with van der Waals surface area (Å²) in [7, 11) is 0. The van der Waals surface area contributed by atoms with E-state index >= 15 is 0 Å². The summed E-state index contributed by atoms with van der Waals surface area (Å²) in [6, 6.07) is 5.84. The molecule has 3 heterocycles. The number of hydrogen-bond donors (Lipinski definition) is 2. The highest BCUT2D eigenvalue weighted by Crippen LogP contribution is 2.32. The molecule has 1 aliphatic heterocycles. The number of nitrogens with one attached hydrogen (secondary N) is 2. The van der Waals surface area contributed by atoms with Crippen LogP contribution in [0.3, 0.4) is 0 Å². The molecule has 0 bridgehead atoms. The third-order valence-corrected chi connectivity index (χ3v) is 7.34. The first kappa shape index (κ1) is 25.5. The fraction of sp³-hybridized carbons (Fsp3) is 0.500. The van der Waals surface area contributed by atoms with Crippen LogP contribution in [0.25, 0.3) is 20.3 Å². The van der Waals surface area contributed by atoms with Crippen LogP contribution in [0.1, 0.15) is 58.2 Å². The topological polar surface area (TPSA) is 95.2 Å². The fourth-order valence-corrected chi connectivity index (χ4v) is 5.51. The van der Waals surface area contributed by atoms with Gasteiger partial charge >= 0.3 is 0 Å². The number of aldehydes is 1. The van der Waals surface area contributed by atoms with Gasteiger partial charge in [0, 0.05) is 21.1 Å². The van der Waals surface area contributed by atoms with E-state index in [1.807, 2.05) is 18.2 Å². The zero-order valence-corrected chi connectivity index (χ0v) is 21.6. The lowest BCUT2D eigenvalue weighted by Gasteiger charge is -2.23. The Morgan fingerprint density at radius 1 is 1.36 bits per heavy atom. The molecule has 1 atom stereocenters. The Morgan fingerprint density at radius 2 is 2.15 bits per heavy atom. The van der Waals surface area contributed by atoms with Crippen molar-refractivity contribution in [2.24, 2.45) is 0 Å². The Morgan fingerprint density at radius 3 is 2.91 bits per heavy atom. The van der Waals surface area contributed by atoms with Gasteiger partial charge in [-0.3, -0.25) is 14.5 Å². The molecule has 1 amide bonds. The Bertz CT molecular complexity index is 1160. The first-order valence-electron chi connectivity index (χ1n) is 11.5. The van der Waals surface area contributed by atoms with Gasteiger partial charge in [-0.15, -0.1) is 11.3 Å². The molecule has 0 saturated carbocycles. The molecule has 3 aromatic rings. The number of hydrogen-bond acceptors (Lipinski definition) is 6. The van der Waals surface area contributed by atoms with E-state index in [-0.39, 0.29) is 17.5 Å². The molecule has 7 nitrogen and oxygen atoms in total. The van der Waals surface area contributed by atoms with E-state index in [0.717, 1.165) is 65.1 Å². The molecule has 0 radical (unpaired) electrons. The largest absolute Gasteiger partial charge is 0.355 e. The average molecular weight is 536 g/mol. The number of aromatic nitrogens is 2. The highest BCUT2D eigenvalue weighted by atomic mass is 79.9. The number of unbranched alkanes of at least 4 members (excludes halogenated alkanes) is 3. The molecule has 2 aromatic heterocycles. The summed E-state index contributed by atoms with van der Waals surface area (Å²) in [4.78, 5) is 44.0. The minimum atomic E-state index is -0.148. The van der Waals surface area contributed by atoms with Gasteiger partial charge in [0.1, 0.15) is 16.8 Å². The van der Waals surface area contributed by atoms with Crippen molar-refractivity contribution in [1.29, 1.82) is 0 Å². The molecule has 178 valence electrons. The molecule has 4 rings (SSSR count). The molecule has 0 aliphatic carbocycles. The van der Waals surface area contributed by atoms with E-state index in [4.69, 9.17) is 9.78 Å². The van der Waals surface area contributed by atoms with Crippen LogP contribution in [0.15, 0.2) is 27.5 Å². The van der Waals surface area contributed by atoms with Crippen molar-refractivity contribution in [2.45, 2.75) is 65.0 Å². The van der Waals surface area contributed by atoms with Crippen molar-refractivity contribution >= 4 is 59.8 Å². The SMILES string of the molecule is CC=O.CCCCCCNC(=O)C1CCCN1Cc1nc2c(sc3ccc(Br)cc32)c(=O)[nH]1. The van der Waals surface area contributed by atoms with Crippen molar-refractivity contribution in [3.05, 3.63) is 38.9 Å². The number of aromatic amines is 1. The Kier molecular flexibility index (Phi) is 9.58. The summed E-state index contributed by atoms with van der Waals surface area (Å²) in [6.07, 6.45) is 7.16. The summed E-state index contributed by atoms with van der Waals surface area (Å²) >= 11 is 4.97. The maximum Gasteiger partial charge on any atom is 0.268 e. The summed E-state index contributed by atoms with van der Waals surface area (Å²) in [6.45, 7) is 5.68. The van der Waals surface area contributed by atoms with E-state index in [2.05, 4.69) is 38.1 Å². The van der Waals surface area contributed by atoms with E-state index in [1.165, 1.54) is 31.1 Å². The number of benzene rings is 1. The van der Waals surface area contributed by atoms with Crippen LogP contribution in [0, 0.1) is 0 Å². The van der Waals surface area contributed by atoms with Crippen LogP contribution >= 0.6 is 27.3 Å². The van der Waals surface area contributed by atoms with Crippen LogP contribution in [0.5, 0.6) is 0 Å². The quantitative estimate of drug-likeness (QED) is 0.320. The minimum absolute atomic E-state index is 0.0948. The average Bonchev–Trinajstić information content (AvgIpc) is 3.39. The summed E-state index contributed by atoms with van der Waals surface area (Å²) in [5.41, 5.74) is 0.634. The van der Waals surface area contributed by atoms with Gasteiger partial charge in [-0.2, -0.15) is 0 Å². The lowest BCUT2D eigenvalue weighted by molar-refractivity contribution is -0.125. The van der Waals surface area contributed by atoms with Crippen LogP contribution in [0.2, 0.25) is 0 Å². The predicted octanol–water partition coefficient (Wildman–Crippen LogP) is 4.77. The standard InChI is InChI=1S/C22H27BrN4O2S.C2H4O/c1-2-3-4-5-10-24-21(28)16-7-6-11-27(16)13-18-25-19-15-12-14(23)8-9-17(15)30-20(19)22(29)26-18;1-2-3/h8-9,12,16H,2-7,10-11,13H2,1H3,(H,24,28)(H,25,26,29);2H,1H3. The predicted molar refractivity (Wildman–Crippen MR) is 138 cm³/mol. The number of amides is 1. The number of rotatable bonds is 8. The molecule has 1 aliphatic rings. The second kappa shape index (κ2) is 12.4. The van der Waals surface area contributed by atoms with Gasteiger partial charge in [0.05, 0.1) is 18.1 Å². The zero-order chi connectivity index (χ0) is 23.8. The number of nitrogens with zero attached hydrogens (tertiary/aromatic N) is 2. The maximum atomic E-state index is 12.7. The van der Waals surface area contributed by atoms with Gasteiger partial charge in [0.25, 0.3) is 5.56 Å². The van der Waals surface area contributed by atoms with Crippen molar-refractivity contribution in [1.82, 2.24) is 20.2 Å². The zero-order valence-electron chi connectivity index (χ0n) is 19.2. The normalized spacial score (nSPS) is 16.0. The highest BCUT2D eigenvalue weighted by Gasteiger charge is 2.31. The lowest BCUT2D eigenvalue weighted by atomic mass is 10.2. The summed E-state index contributed by atoms with van der Waals surface area (Å²) in [5.74, 6) is 0.715. The number of halogens is 1. The molecule has 2 N–H and O–H groups in total. The molecular weight excluding hydrogens is 504 g/mol. The number of thiophene rings is 1. The van der Waals surface area contributed by atoms with E-state index in [9.17, 15) is 9.59 Å². The molecule has 33 heavy (non-hydrogen) atoms. The Balaban J connectivity index is 0.000000968. The van der Waals surface area contributed by atoms with E-state index < -0.39 is 0 Å². The van der Waals surface area contributed by atoms with Crippen LogP contribution in [-0.4, -0.2) is 46.2 Å². The molecule has 1 unspecified atom stereocenters. The number of carbonyl (C=O) groups excluding carboxylic acids is 2. The van der Waals surface area contributed by atoms with Crippen molar-refractivity contribution in [2.75, 3.05) is 13.1 Å². The molecule has 1 fully saturated rings. The minimum Gasteiger partial charge on any atom is -0.355 e. The molecule has 0 spiro atoms. The van der Waals surface area contributed by atoms with Crippen LogP contribution in [0.4, 0.5) is 0 Å². The van der Waals surface area contributed by atoms with Crippen molar-refractivity contribution in [3.63, 3.8) is 0 Å². The van der Waals surface area contributed by atoms with Gasteiger partial charge in [-0.1, -0.05) is 42.1 Å². The smallest absolute Gasteiger partial charge is 0.268 e. The van der Waals surface area contributed by atoms with E-state index in [0.29, 0.717) is 17.1 Å². The second-order valence-corrected chi connectivity index (χ2v) is 10.1. The van der Waals surface area contributed by atoms with E-state index in [1.54, 1.807) is 0 Å². The lowest BCUT2D eigenvalue weighted by Crippen LogP contribution is -2.43. The van der Waals surface area contributed by atoms with Gasteiger partial charge in [0.15, 0.2) is 0 Å². The number of H-pyrrole nitrogens is 1. The number of fused-ring (bicyclic) bond motifs is 3. The first-order chi connectivity index (χ1) is 16.0. The second-order valence-electron chi connectivity index (χ2n) is 8.15. The van der Waals surface area contributed by atoms with Crippen LogP contribution in [-0.2, 0) is 16.1 Å². The molecule has 9 heteroatoms. The number of likely N-dealkylation sites (tertiary alicyclic amines) is 1. The van der Waals surface area contributed by atoms with Gasteiger partial charge in [0.2, 0.25) is 5.91 Å². The third-order valence-electron chi connectivity index (χ3n) is 5.68. The Labute approximate surface area is 206 Å². The van der Waals surface area contributed by atoms with Gasteiger partial charge in [-0.05, 0) is 50.9 Å². The summed E-state index contributed by atoms with van der Waals surface area (Å²) in [5, 5.41) is 4.08. The van der Waals surface area contributed by atoms with Crippen molar-refractivity contribution in [3.8, 4) is 0 Å². The van der Waals surface area contributed by atoms with Crippen molar-refractivity contribution < 1.29 is 9.59 Å². The molecular formula is C24H31BrN4O3S. The number of carbonyl (C=O) groups is 2. The monoisotopic (exact) mass is 534 g/mol. The fourth-order valence-electron chi connectivity index (χ4n) is 4.13. The third kappa shape index (κ3) is 6.49.